The Kier molecular flexibility index (Phi) is 2.93. The first-order valence-electron chi connectivity index (χ1n) is 6.49. The van der Waals surface area contributed by atoms with Crippen LogP contribution in [0.3, 0.4) is 0 Å². The number of fused-ring (bicyclic) bond motifs is 4. The van der Waals surface area contributed by atoms with Gasteiger partial charge in [-0.2, -0.15) is 0 Å². The van der Waals surface area contributed by atoms with Crippen molar-refractivity contribution >= 4 is 27.8 Å². The Balaban J connectivity index is 1.62. The van der Waals surface area contributed by atoms with Gasteiger partial charge in [0.15, 0.2) is 10.0 Å². The van der Waals surface area contributed by atoms with E-state index in [1.165, 1.54) is 37.3 Å². The third-order valence-electron chi connectivity index (χ3n) is 3.86. The van der Waals surface area contributed by atoms with Crippen LogP contribution in [-0.2, 0) is 0 Å². The molecule has 0 aromatic carbocycles. The minimum absolute atomic E-state index is 0.633. The van der Waals surface area contributed by atoms with Gasteiger partial charge in [-0.05, 0) is 12.8 Å². The van der Waals surface area contributed by atoms with Crippen LogP contribution in [0.15, 0.2) is 5.51 Å². The standard InChI is InChI=1S/C11H14N6S2/c1-3-16-4-2-8(1)17(6-5-16)11-15-14-10(19-11)9-13-12-7-18-9/h7-8H,1-6H2. The molecule has 0 atom stereocenters. The summed E-state index contributed by atoms with van der Waals surface area (Å²) in [7, 11) is 0. The van der Waals surface area contributed by atoms with Crippen LogP contribution in [-0.4, -0.2) is 57.5 Å². The average Bonchev–Trinajstić information content (AvgIpc) is 3.05. The highest BCUT2D eigenvalue weighted by molar-refractivity contribution is 7.22. The van der Waals surface area contributed by atoms with Crippen molar-refractivity contribution in [2.24, 2.45) is 0 Å². The lowest BCUT2D eigenvalue weighted by Crippen LogP contribution is -2.37. The van der Waals surface area contributed by atoms with Gasteiger partial charge in [0, 0.05) is 32.2 Å². The molecule has 0 spiro atoms. The van der Waals surface area contributed by atoms with E-state index < -0.39 is 0 Å². The second kappa shape index (κ2) is 4.77. The predicted octanol–water partition coefficient (Wildman–Crippen LogP) is 1.34. The van der Waals surface area contributed by atoms with Crippen LogP contribution >= 0.6 is 22.7 Å². The van der Waals surface area contributed by atoms with Crippen LogP contribution in [0.4, 0.5) is 5.13 Å². The van der Waals surface area contributed by atoms with E-state index in [-0.39, 0.29) is 0 Å². The van der Waals surface area contributed by atoms with Crippen LogP contribution in [0.1, 0.15) is 12.8 Å². The summed E-state index contributed by atoms with van der Waals surface area (Å²) in [5, 5.41) is 19.4. The van der Waals surface area contributed by atoms with Gasteiger partial charge in [-0.3, -0.25) is 0 Å². The maximum Gasteiger partial charge on any atom is 0.208 e. The molecule has 3 saturated heterocycles. The van der Waals surface area contributed by atoms with Crippen molar-refractivity contribution in [2.75, 3.05) is 31.1 Å². The van der Waals surface area contributed by atoms with E-state index in [2.05, 4.69) is 30.2 Å². The molecule has 19 heavy (non-hydrogen) atoms. The third kappa shape index (κ3) is 2.13. The molecule has 0 saturated carbocycles. The van der Waals surface area contributed by atoms with E-state index >= 15 is 0 Å². The molecule has 6 nitrogen and oxygen atoms in total. The topological polar surface area (TPSA) is 58.0 Å². The fourth-order valence-corrected chi connectivity index (χ4v) is 4.34. The Morgan fingerprint density at radius 1 is 1.00 bits per heavy atom. The van der Waals surface area contributed by atoms with Crippen molar-refractivity contribution in [1.82, 2.24) is 25.3 Å². The number of rotatable bonds is 2. The summed E-state index contributed by atoms with van der Waals surface area (Å²) in [6, 6.07) is 0.633. The second-order valence-electron chi connectivity index (χ2n) is 4.90. The molecule has 0 N–H and O–H groups in total. The van der Waals surface area contributed by atoms with Crippen molar-refractivity contribution < 1.29 is 0 Å². The van der Waals surface area contributed by atoms with E-state index in [4.69, 9.17) is 0 Å². The average molecular weight is 294 g/mol. The first-order valence-corrected chi connectivity index (χ1v) is 8.19. The zero-order chi connectivity index (χ0) is 12.7. The van der Waals surface area contributed by atoms with Crippen molar-refractivity contribution in [2.45, 2.75) is 18.9 Å². The van der Waals surface area contributed by atoms with Gasteiger partial charge in [0.1, 0.15) is 5.51 Å². The molecule has 2 aromatic rings. The summed E-state index contributed by atoms with van der Waals surface area (Å²) in [4.78, 5) is 4.98. The molecule has 5 rings (SSSR count). The minimum atomic E-state index is 0.633. The Labute approximate surface area is 119 Å². The van der Waals surface area contributed by atoms with E-state index in [1.54, 1.807) is 16.8 Å². The van der Waals surface area contributed by atoms with Gasteiger partial charge in [-0.15, -0.1) is 20.4 Å². The number of piperidine rings is 1. The second-order valence-corrected chi connectivity index (χ2v) is 6.69. The Hall–Kier alpha value is -1.12. The number of aromatic nitrogens is 4. The third-order valence-corrected chi connectivity index (χ3v) is 5.65. The van der Waals surface area contributed by atoms with Gasteiger partial charge in [-0.1, -0.05) is 22.7 Å². The zero-order valence-corrected chi connectivity index (χ0v) is 12.0. The van der Waals surface area contributed by atoms with E-state index in [9.17, 15) is 0 Å². The molecule has 2 aromatic heterocycles. The predicted molar refractivity (Wildman–Crippen MR) is 75.6 cm³/mol. The van der Waals surface area contributed by atoms with Crippen molar-refractivity contribution in [3.63, 3.8) is 0 Å². The maximum atomic E-state index is 4.37. The molecule has 8 heteroatoms. The smallest absolute Gasteiger partial charge is 0.208 e. The van der Waals surface area contributed by atoms with Crippen LogP contribution in [0, 0.1) is 0 Å². The zero-order valence-electron chi connectivity index (χ0n) is 10.4. The van der Waals surface area contributed by atoms with Crippen molar-refractivity contribution in [3.8, 4) is 10.0 Å². The lowest BCUT2D eigenvalue weighted by Gasteiger charge is -2.30. The van der Waals surface area contributed by atoms with E-state index in [1.807, 2.05) is 0 Å². The highest BCUT2D eigenvalue weighted by Crippen LogP contribution is 2.33. The molecule has 2 bridgehead atoms. The minimum Gasteiger partial charge on any atom is -0.342 e. The van der Waals surface area contributed by atoms with Crippen LogP contribution in [0.2, 0.25) is 0 Å². The summed E-state index contributed by atoms with van der Waals surface area (Å²) in [5.41, 5.74) is 1.73. The summed E-state index contributed by atoms with van der Waals surface area (Å²) >= 11 is 3.15. The molecule has 5 heterocycles. The first kappa shape index (κ1) is 11.7. The van der Waals surface area contributed by atoms with Gasteiger partial charge in [-0.25, -0.2) is 0 Å². The Morgan fingerprint density at radius 2 is 1.89 bits per heavy atom. The molecule has 0 radical (unpaired) electrons. The van der Waals surface area contributed by atoms with E-state index in [0.717, 1.165) is 28.2 Å². The summed E-state index contributed by atoms with van der Waals surface area (Å²) in [6.45, 7) is 4.66. The quantitative estimate of drug-likeness (QED) is 0.833. The molecule has 3 fully saturated rings. The largest absolute Gasteiger partial charge is 0.342 e. The Bertz CT molecular complexity index is 545. The van der Waals surface area contributed by atoms with Gasteiger partial charge in [0.05, 0.1) is 0 Å². The Morgan fingerprint density at radius 3 is 2.68 bits per heavy atom. The number of anilines is 1. The van der Waals surface area contributed by atoms with Crippen LogP contribution in [0.25, 0.3) is 10.0 Å². The summed E-state index contributed by atoms with van der Waals surface area (Å²) in [6.07, 6.45) is 2.49. The molecule has 0 aliphatic carbocycles. The van der Waals surface area contributed by atoms with Gasteiger partial charge in [0.25, 0.3) is 0 Å². The number of hydrogen-bond acceptors (Lipinski definition) is 8. The first-order chi connectivity index (χ1) is 9.40. The fraction of sp³-hybridized carbons (Fsp3) is 0.636. The monoisotopic (exact) mass is 294 g/mol. The summed E-state index contributed by atoms with van der Waals surface area (Å²) in [5.74, 6) is 0. The SMILES string of the molecule is c1nnc(-c2nnc(N3CCN4CCC3CC4)s2)s1. The van der Waals surface area contributed by atoms with Gasteiger partial charge >= 0.3 is 0 Å². The van der Waals surface area contributed by atoms with Gasteiger partial charge in [0.2, 0.25) is 5.13 Å². The maximum absolute atomic E-state index is 4.37. The molecular weight excluding hydrogens is 280 g/mol. The molecule has 3 aliphatic rings. The molecule has 100 valence electrons. The highest BCUT2D eigenvalue weighted by atomic mass is 32.1. The molecule has 0 amide bonds. The van der Waals surface area contributed by atoms with Crippen LogP contribution < -0.4 is 4.90 Å². The number of hydrogen-bond donors (Lipinski definition) is 0. The number of nitrogens with zero attached hydrogens (tertiary/aromatic N) is 6. The molecule has 0 unspecified atom stereocenters. The lowest BCUT2D eigenvalue weighted by atomic mass is 10.1. The lowest BCUT2D eigenvalue weighted by molar-refractivity contribution is 0.250. The fourth-order valence-electron chi connectivity index (χ4n) is 2.82. The van der Waals surface area contributed by atoms with Crippen LogP contribution in [0.5, 0.6) is 0 Å². The van der Waals surface area contributed by atoms with E-state index in [0.29, 0.717) is 6.04 Å². The highest BCUT2D eigenvalue weighted by Gasteiger charge is 2.31. The normalized spacial score (nSPS) is 26.6. The summed E-state index contributed by atoms with van der Waals surface area (Å²) < 4.78 is 0. The molecular formula is C11H14N6S2. The van der Waals surface area contributed by atoms with Gasteiger partial charge < -0.3 is 9.80 Å². The molecule has 3 aliphatic heterocycles. The van der Waals surface area contributed by atoms with Crippen molar-refractivity contribution in [3.05, 3.63) is 5.51 Å². The van der Waals surface area contributed by atoms with Crippen molar-refractivity contribution in [1.29, 1.82) is 0 Å².